The number of carbonyl (C=O) groups excluding carboxylic acids is 1. The third-order valence-corrected chi connectivity index (χ3v) is 4.41. The van der Waals surface area contributed by atoms with Crippen LogP contribution in [-0.4, -0.2) is 64.1 Å². The lowest BCUT2D eigenvalue weighted by Crippen LogP contribution is -2.62. The second kappa shape index (κ2) is 5.89. The molecule has 2 aliphatic rings. The smallest absolute Gasteiger partial charge is 0.255 e. The Morgan fingerprint density at radius 2 is 2.25 bits per heavy atom. The number of rotatable bonds is 2. The zero-order valence-electron chi connectivity index (χ0n) is 11.6. The van der Waals surface area contributed by atoms with Gasteiger partial charge in [-0.1, -0.05) is 0 Å². The maximum absolute atomic E-state index is 12.5. The van der Waals surface area contributed by atoms with E-state index in [1.807, 2.05) is 11.0 Å². The van der Waals surface area contributed by atoms with Gasteiger partial charge in [-0.2, -0.15) is 0 Å². The molecule has 108 valence electrons. The van der Waals surface area contributed by atoms with Gasteiger partial charge in [-0.15, -0.1) is 0 Å². The molecule has 0 bridgehead atoms. The average Bonchev–Trinajstić information content (AvgIpc) is 2.47. The zero-order valence-corrected chi connectivity index (χ0v) is 11.6. The van der Waals surface area contributed by atoms with Gasteiger partial charge in [0.15, 0.2) is 0 Å². The summed E-state index contributed by atoms with van der Waals surface area (Å²) in [5, 5.41) is 9.31. The lowest BCUT2D eigenvalue weighted by Gasteiger charge is -2.50. The SMILES string of the molecule is O=C(c1cccnc1)N1CCCCN2[C@H](CO)C[C@@H]2C1. The molecule has 2 atom stereocenters. The standard InChI is InChI=1S/C15H21N3O2/c19-11-14-8-13-10-17(6-1-2-7-18(13)14)15(20)12-4-3-5-16-9-12/h3-5,9,13-14,19H,1-2,6-8,10-11H2/t13-,14+/m1/s1. The number of aromatic nitrogens is 1. The molecule has 2 aliphatic heterocycles. The number of hydrogen-bond acceptors (Lipinski definition) is 4. The molecule has 5 nitrogen and oxygen atoms in total. The van der Waals surface area contributed by atoms with Gasteiger partial charge < -0.3 is 10.0 Å². The summed E-state index contributed by atoms with van der Waals surface area (Å²) in [4.78, 5) is 20.8. The molecule has 20 heavy (non-hydrogen) atoms. The van der Waals surface area contributed by atoms with E-state index in [0.717, 1.165) is 38.9 Å². The van der Waals surface area contributed by atoms with E-state index < -0.39 is 0 Å². The first kappa shape index (κ1) is 13.5. The molecule has 1 N–H and O–H groups in total. The van der Waals surface area contributed by atoms with Crippen molar-refractivity contribution in [3.63, 3.8) is 0 Å². The van der Waals surface area contributed by atoms with Crippen molar-refractivity contribution in [3.05, 3.63) is 30.1 Å². The Kier molecular flexibility index (Phi) is 3.98. The molecule has 3 rings (SSSR count). The minimum Gasteiger partial charge on any atom is -0.395 e. The van der Waals surface area contributed by atoms with Crippen molar-refractivity contribution < 1.29 is 9.90 Å². The van der Waals surface area contributed by atoms with Gasteiger partial charge in [-0.3, -0.25) is 14.7 Å². The van der Waals surface area contributed by atoms with Crippen LogP contribution in [0.25, 0.3) is 0 Å². The van der Waals surface area contributed by atoms with E-state index in [9.17, 15) is 9.90 Å². The molecule has 3 heterocycles. The van der Waals surface area contributed by atoms with Gasteiger partial charge in [0.1, 0.15) is 0 Å². The number of carbonyl (C=O) groups is 1. The van der Waals surface area contributed by atoms with Crippen LogP contribution in [0.1, 0.15) is 29.6 Å². The normalized spacial score (nSPS) is 27.1. The zero-order chi connectivity index (χ0) is 13.9. The molecule has 0 saturated carbocycles. The van der Waals surface area contributed by atoms with Crippen LogP contribution in [0, 0.1) is 0 Å². The van der Waals surface area contributed by atoms with Crippen LogP contribution < -0.4 is 0 Å². The molecular weight excluding hydrogens is 254 g/mol. The summed E-state index contributed by atoms with van der Waals surface area (Å²) in [5.41, 5.74) is 0.664. The highest BCUT2D eigenvalue weighted by Gasteiger charge is 2.39. The Morgan fingerprint density at radius 3 is 3.00 bits per heavy atom. The van der Waals surface area contributed by atoms with Crippen molar-refractivity contribution >= 4 is 5.91 Å². The van der Waals surface area contributed by atoms with Crippen LogP contribution in [0.4, 0.5) is 0 Å². The summed E-state index contributed by atoms with van der Waals surface area (Å²) >= 11 is 0. The number of hydrogen-bond donors (Lipinski definition) is 1. The van der Waals surface area contributed by atoms with E-state index in [4.69, 9.17) is 0 Å². The summed E-state index contributed by atoms with van der Waals surface area (Å²) in [6, 6.07) is 4.33. The van der Waals surface area contributed by atoms with Crippen LogP contribution in [0.15, 0.2) is 24.5 Å². The van der Waals surface area contributed by atoms with Crippen LogP contribution in [0.5, 0.6) is 0 Å². The molecule has 2 saturated heterocycles. The van der Waals surface area contributed by atoms with E-state index in [-0.39, 0.29) is 12.5 Å². The lowest BCUT2D eigenvalue weighted by atomic mass is 9.91. The highest BCUT2D eigenvalue weighted by atomic mass is 16.3. The summed E-state index contributed by atoms with van der Waals surface area (Å²) in [7, 11) is 0. The Labute approximate surface area is 119 Å². The van der Waals surface area contributed by atoms with Crippen molar-refractivity contribution in [2.75, 3.05) is 26.2 Å². The van der Waals surface area contributed by atoms with E-state index >= 15 is 0 Å². The number of aliphatic hydroxyl groups excluding tert-OH is 1. The van der Waals surface area contributed by atoms with Gasteiger partial charge >= 0.3 is 0 Å². The van der Waals surface area contributed by atoms with Crippen molar-refractivity contribution in [1.29, 1.82) is 0 Å². The number of fused-ring (bicyclic) bond motifs is 1. The fourth-order valence-corrected chi connectivity index (χ4v) is 3.27. The van der Waals surface area contributed by atoms with Crippen LogP contribution in [0.3, 0.4) is 0 Å². The Hall–Kier alpha value is -1.46. The van der Waals surface area contributed by atoms with Crippen molar-refractivity contribution in [2.45, 2.75) is 31.3 Å². The first-order valence-electron chi connectivity index (χ1n) is 7.35. The van der Waals surface area contributed by atoms with Gasteiger partial charge in [0, 0.05) is 37.6 Å². The van der Waals surface area contributed by atoms with Gasteiger partial charge in [0.25, 0.3) is 5.91 Å². The van der Waals surface area contributed by atoms with Gasteiger partial charge in [-0.05, 0) is 37.9 Å². The van der Waals surface area contributed by atoms with E-state index in [1.165, 1.54) is 0 Å². The topological polar surface area (TPSA) is 56.7 Å². The van der Waals surface area contributed by atoms with Crippen LogP contribution in [0.2, 0.25) is 0 Å². The molecule has 2 fully saturated rings. The fraction of sp³-hybridized carbons (Fsp3) is 0.600. The average molecular weight is 275 g/mol. The maximum Gasteiger partial charge on any atom is 0.255 e. The highest BCUT2D eigenvalue weighted by Crippen LogP contribution is 2.28. The third-order valence-electron chi connectivity index (χ3n) is 4.41. The Bertz CT molecular complexity index is 465. The fourth-order valence-electron chi connectivity index (χ4n) is 3.27. The number of nitrogens with zero attached hydrogens (tertiary/aromatic N) is 3. The highest BCUT2D eigenvalue weighted by molar-refractivity contribution is 5.93. The molecule has 0 aliphatic carbocycles. The predicted octanol–water partition coefficient (Wildman–Crippen LogP) is 0.753. The number of amides is 1. The summed E-state index contributed by atoms with van der Waals surface area (Å²) in [6.07, 6.45) is 6.42. The number of aliphatic hydroxyl groups is 1. The minimum absolute atomic E-state index is 0.0763. The lowest BCUT2D eigenvalue weighted by molar-refractivity contribution is -0.0373. The molecular formula is C15H21N3O2. The predicted molar refractivity (Wildman–Crippen MR) is 75.4 cm³/mol. The van der Waals surface area contributed by atoms with Crippen LogP contribution >= 0.6 is 0 Å². The van der Waals surface area contributed by atoms with Gasteiger partial charge in [0.2, 0.25) is 0 Å². The quantitative estimate of drug-likeness (QED) is 0.865. The van der Waals surface area contributed by atoms with Crippen molar-refractivity contribution in [2.24, 2.45) is 0 Å². The van der Waals surface area contributed by atoms with E-state index in [2.05, 4.69) is 9.88 Å². The van der Waals surface area contributed by atoms with E-state index in [0.29, 0.717) is 17.6 Å². The maximum atomic E-state index is 12.5. The van der Waals surface area contributed by atoms with E-state index in [1.54, 1.807) is 18.5 Å². The summed E-state index contributed by atoms with van der Waals surface area (Å²) in [5.74, 6) is 0.0763. The molecule has 1 aromatic heterocycles. The molecule has 0 radical (unpaired) electrons. The monoisotopic (exact) mass is 275 g/mol. The Morgan fingerprint density at radius 1 is 1.40 bits per heavy atom. The molecule has 1 aromatic rings. The first-order valence-corrected chi connectivity index (χ1v) is 7.35. The van der Waals surface area contributed by atoms with Gasteiger partial charge in [0.05, 0.1) is 12.2 Å². The number of pyridine rings is 1. The van der Waals surface area contributed by atoms with Gasteiger partial charge in [-0.25, -0.2) is 0 Å². The molecule has 0 aromatic carbocycles. The largest absolute Gasteiger partial charge is 0.395 e. The molecule has 0 spiro atoms. The third kappa shape index (κ3) is 2.55. The molecule has 1 amide bonds. The summed E-state index contributed by atoms with van der Waals surface area (Å²) in [6.45, 7) is 2.87. The molecule has 0 unspecified atom stereocenters. The second-order valence-corrected chi connectivity index (χ2v) is 5.66. The van der Waals surface area contributed by atoms with Crippen molar-refractivity contribution in [3.8, 4) is 0 Å². The first-order chi connectivity index (χ1) is 9.79. The Balaban J connectivity index is 1.69. The molecule has 5 heteroatoms. The summed E-state index contributed by atoms with van der Waals surface area (Å²) < 4.78 is 0. The second-order valence-electron chi connectivity index (χ2n) is 5.66. The minimum atomic E-state index is 0.0763. The van der Waals surface area contributed by atoms with Crippen molar-refractivity contribution in [1.82, 2.24) is 14.8 Å². The van der Waals surface area contributed by atoms with Crippen LogP contribution in [-0.2, 0) is 0 Å².